The first-order valence-electron chi connectivity index (χ1n) is 10.8. The largest absolute Gasteiger partial charge is 0.858 e. The van der Waals surface area contributed by atoms with E-state index in [9.17, 15) is 14.7 Å². The molecule has 3 aromatic rings. The average molecular weight is 431 g/mol. The van der Waals surface area contributed by atoms with Crippen molar-refractivity contribution in [1.82, 2.24) is 14.7 Å². The van der Waals surface area contributed by atoms with Crippen LogP contribution in [0.1, 0.15) is 37.6 Å². The van der Waals surface area contributed by atoms with E-state index in [-0.39, 0.29) is 29.3 Å². The van der Waals surface area contributed by atoms with Gasteiger partial charge in [-0.05, 0) is 43.3 Å². The number of imide groups is 1. The van der Waals surface area contributed by atoms with E-state index in [1.54, 1.807) is 29.8 Å². The van der Waals surface area contributed by atoms with Crippen molar-refractivity contribution in [2.45, 2.75) is 34.1 Å². The van der Waals surface area contributed by atoms with Gasteiger partial charge in [-0.25, -0.2) is 4.68 Å². The molecule has 0 saturated heterocycles. The zero-order valence-corrected chi connectivity index (χ0v) is 18.7. The first-order valence-corrected chi connectivity index (χ1v) is 10.8. The molecule has 0 unspecified atom stereocenters. The Morgan fingerprint density at radius 2 is 1.78 bits per heavy atom. The van der Waals surface area contributed by atoms with Crippen LogP contribution in [0.25, 0.3) is 17.0 Å². The van der Waals surface area contributed by atoms with Crippen LogP contribution in [0.5, 0.6) is 5.88 Å². The van der Waals surface area contributed by atoms with Crippen molar-refractivity contribution in [3.63, 3.8) is 0 Å². The zero-order chi connectivity index (χ0) is 23.0. The Labute approximate surface area is 187 Å². The van der Waals surface area contributed by atoms with Crippen LogP contribution in [0, 0.1) is 12.8 Å². The van der Waals surface area contributed by atoms with Crippen molar-refractivity contribution in [1.29, 1.82) is 0 Å². The molecule has 1 aromatic carbocycles. The summed E-state index contributed by atoms with van der Waals surface area (Å²) < 4.78 is 2.94. The van der Waals surface area contributed by atoms with E-state index in [1.807, 2.05) is 57.3 Å². The quantitative estimate of drug-likeness (QED) is 0.444. The van der Waals surface area contributed by atoms with Gasteiger partial charge in [-0.2, -0.15) is 9.67 Å². The summed E-state index contributed by atoms with van der Waals surface area (Å²) in [5, 5.41) is 17.8. The number of carbonyl (C=O) groups is 2. The van der Waals surface area contributed by atoms with Gasteiger partial charge in [0, 0.05) is 23.7 Å². The number of aromatic nitrogens is 3. The van der Waals surface area contributed by atoms with Crippen LogP contribution in [0.3, 0.4) is 0 Å². The summed E-state index contributed by atoms with van der Waals surface area (Å²) >= 11 is 0. The van der Waals surface area contributed by atoms with Crippen LogP contribution >= 0.6 is 0 Å². The highest BCUT2D eigenvalue weighted by Gasteiger charge is 2.46. The SMILES string of the molecule is CCc1ccc[n+](C2=C(c3c(C)nn(-c4ccccc4)c3[O-])C(=O)N(CC(C)C)C2=O)c1. The Kier molecular flexibility index (Phi) is 5.65. The van der Waals surface area contributed by atoms with E-state index in [1.165, 1.54) is 9.58 Å². The van der Waals surface area contributed by atoms with E-state index in [0.29, 0.717) is 11.4 Å². The number of carbonyl (C=O) groups excluding carboxylic acids is 2. The third kappa shape index (κ3) is 3.60. The molecule has 1 aliphatic rings. The Hall–Kier alpha value is -3.74. The maximum absolute atomic E-state index is 13.5. The topological polar surface area (TPSA) is 82.1 Å². The number of aryl methyl sites for hydroxylation is 2. The van der Waals surface area contributed by atoms with Crippen molar-refractivity contribution >= 4 is 23.1 Å². The molecule has 0 saturated carbocycles. The van der Waals surface area contributed by atoms with Gasteiger partial charge in [0.05, 0.1) is 11.4 Å². The maximum atomic E-state index is 13.5. The minimum absolute atomic E-state index is 0.0929. The molecule has 2 amide bonds. The highest BCUT2D eigenvalue weighted by molar-refractivity contribution is 6.44. The van der Waals surface area contributed by atoms with Crippen LogP contribution < -0.4 is 9.67 Å². The van der Waals surface area contributed by atoms with E-state index >= 15 is 0 Å². The van der Waals surface area contributed by atoms with Crippen molar-refractivity contribution in [2.24, 2.45) is 5.92 Å². The third-order valence-corrected chi connectivity index (χ3v) is 5.49. The van der Waals surface area contributed by atoms with Crippen molar-refractivity contribution in [3.05, 3.63) is 71.7 Å². The molecule has 0 fully saturated rings. The van der Waals surface area contributed by atoms with Crippen molar-refractivity contribution < 1.29 is 19.3 Å². The van der Waals surface area contributed by atoms with E-state index in [0.717, 1.165) is 12.0 Å². The molecular weight excluding hydrogens is 404 g/mol. The number of para-hydroxylation sites is 1. The molecule has 32 heavy (non-hydrogen) atoms. The predicted molar refractivity (Wildman–Crippen MR) is 118 cm³/mol. The Balaban J connectivity index is 1.96. The second-order valence-electron chi connectivity index (χ2n) is 8.32. The smallest absolute Gasteiger partial charge is 0.326 e. The van der Waals surface area contributed by atoms with Crippen LogP contribution in [-0.2, 0) is 16.0 Å². The fourth-order valence-electron chi connectivity index (χ4n) is 3.97. The average Bonchev–Trinajstić information content (AvgIpc) is 3.21. The molecule has 0 atom stereocenters. The molecule has 7 nitrogen and oxygen atoms in total. The molecule has 0 N–H and O–H groups in total. The van der Waals surface area contributed by atoms with E-state index in [2.05, 4.69) is 5.10 Å². The highest BCUT2D eigenvalue weighted by atomic mass is 16.3. The van der Waals surface area contributed by atoms with Gasteiger partial charge in [0.25, 0.3) is 11.6 Å². The number of hydrogen-bond acceptors (Lipinski definition) is 4. The number of rotatable bonds is 6. The summed E-state index contributed by atoms with van der Waals surface area (Å²) in [7, 11) is 0. The zero-order valence-electron chi connectivity index (χ0n) is 18.7. The summed E-state index contributed by atoms with van der Waals surface area (Å²) in [4.78, 5) is 28.2. The molecule has 1 aliphatic heterocycles. The van der Waals surface area contributed by atoms with Crippen LogP contribution in [0.2, 0.25) is 0 Å². The maximum Gasteiger partial charge on any atom is 0.326 e. The van der Waals surface area contributed by atoms with Crippen LogP contribution in [0.15, 0.2) is 54.9 Å². The molecule has 0 radical (unpaired) electrons. The summed E-state index contributed by atoms with van der Waals surface area (Å²) in [5.74, 6) is -1.18. The second-order valence-corrected chi connectivity index (χ2v) is 8.32. The molecule has 2 aromatic heterocycles. The van der Waals surface area contributed by atoms with Gasteiger partial charge in [-0.15, -0.1) is 0 Å². The molecule has 164 valence electrons. The number of benzene rings is 1. The lowest BCUT2D eigenvalue weighted by Crippen LogP contribution is -2.41. The van der Waals surface area contributed by atoms with Gasteiger partial charge in [-0.1, -0.05) is 39.0 Å². The van der Waals surface area contributed by atoms with E-state index < -0.39 is 17.7 Å². The minimum Gasteiger partial charge on any atom is -0.858 e. The van der Waals surface area contributed by atoms with Gasteiger partial charge in [-0.3, -0.25) is 14.5 Å². The van der Waals surface area contributed by atoms with Gasteiger partial charge in [0.15, 0.2) is 12.4 Å². The Bertz CT molecular complexity index is 1230. The number of nitrogens with zero attached hydrogens (tertiary/aromatic N) is 4. The molecule has 4 rings (SSSR count). The molecule has 0 bridgehead atoms. The lowest BCUT2D eigenvalue weighted by Gasteiger charge is -2.17. The van der Waals surface area contributed by atoms with Gasteiger partial charge in [0.2, 0.25) is 0 Å². The van der Waals surface area contributed by atoms with Gasteiger partial charge >= 0.3 is 5.91 Å². The molecule has 0 spiro atoms. The minimum atomic E-state index is -0.457. The first kappa shape index (κ1) is 21.5. The van der Waals surface area contributed by atoms with Crippen LogP contribution in [-0.4, -0.2) is 33.0 Å². The summed E-state index contributed by atoms with van der Waals surface area (Å²) in [6.07, 6.45) is 4.35. The fourth-order valence-corrected chi connectivity index (χ4v) is 3.97. The van der Waals surface area contributed by atoms with Gasteiger partial charge < -0.3 is 5.11 Å². The third-order valence-electron chi connectivity index (χ3n) is 5.49. The Morgan fingerprint density at radius 3 is 2.44 bits per heavy atom. The first-order chi connectivity index (χ1) is 15.3. The number of pyridine rings is 1. The standard InChI is InChI=1S/C25H26N4O3/c1-5-18-10-9-13-27(15-18)22-21(23(30)28(25(22)32)14-16(2)3)20-17(4)26-29(24(20)31)19-11-7-6-8-12-19/h6-13,15-16H,5,14H2,1-4H3. The van der Waals surface area contributed by atoms with Crippen LogP contribution in [0.4, 0.5) is 0 Å². The second kappa shape index (κ2) is 8.42. The molecule has 3 heterocycles. The predicted octanol–water partition coefficient (Wildman–Crippen LogP) is 2.50. The number of amides is 2. The summed E-state index contributed by atoms with van der Waals surface area (Å²) in [6, 6.07) is 12.8. The van der Waals surface area contributed by atoms with Crippen molar-refractivity contribution in [2.75, 3.05) is 6.54 Å². The lowest BCUT2D eigenvalue weighted by atomic mass is 10.0. The summed E-state index contributed by atoms with van der Waals surface area (Å²) in [6.45, 7) is 7.88. The monoisotopic (exact) mass is 430 g/mol. The lowest BCUT2D eigenvalue weighted by molar-refractivity contribution is -0.577. The highest BCUT2D eigenvalue weighted by Crippen LogP contribution is 2.36. The van der Waals surface area contributed by atoms with Gasteiger partial charge in [0.1, 0.15) is 5.57 Å². The molecular formula is C25H26N4O3. The number of hydrogen-bond donors (Lipinski definition) is 0. The van der Waals surface area contributed by atoms with Crippen molar-refractivity contribution in [3.8, 4) is 11.6 Å². The molecule has 0 aliphatic carbocycles. The van der Waals surface area contributed by atoms with E-state index in [4.69, 9.17) is 0 Å². The Morgan fingerprint density at radius 1 is 1.06 bits per heavy atom. The fraction of sp³-hybridized carbons (Fsp3) is 0.280. The molecule has 7 heteroatoms. The summed E-state index contributed by atoms with van der Waals surface area (Å²) in [5.41, 5.74) is 2.50. The normalized spacial score (nSPS) is 14.2.